The minimum absolute atomic E-state index is 0.281. The average molecular weight is 273 g/mol. The first-order valence-corrected chi connectivity index (χ1v) is 6.79. The Hall–Kier alpha value is -1.87. The number of hydrogen-bond acceptors (Lipinski definition) is 2. The highest BCUT2D eigenvalue weighted by Crippen LogP contribution is 2.19. The first kappa shape index (κ1) is 14.5. The van der Waals surface area contributed by atoms with Crippen LogP contribution in [0.1, 0.15) is 18.1 Å². The lowest BCUT2D eigenvalue weighted by Gasteiger charge is -2.15. The lowest BCUT2D eigenvalue weighted by atomic mass is 10.1. The summed E-state index contributed by atoms with van der Waals surface area (Å²) in [7, 11) is 1.48. The third-order valence-corrected chi connectivity index (χ3v) is 3.29. The first-order valence-electron chi connectivity index (χ1n) is 6.79. The fourth-order valence-corrected chi connectivity index (χ4v) is 2.17. The minimum Gasteiger partial charge on any atom is -0.494 e. The van der Waals surface area contributed by atoms with Crippen molar-refractivity contribution in [3.05, 3.63) is 65.5 Å². The highest BCUT2D eigenvalue weighted by atomic mass is 19.1. The molecular formula is C17H20FNO. The Labute approximate surface area is 119 Å². The Bertz CT molecular complexity index is 542. The van der Waals surface area contributed by atoms with Crippen molar-refractivity contribution < 1.29 is 9.13 Å². The summed E-state index contributed by atoms with van der Waals surface area (Å²) in [5, 5.41) is 3.34. The molecule has 0 aromatic heterocycles. The van der Waals surface area contributed by atoms with Gasteiger partial charge < -0.3 is 10.1 Å². The van der Waals surface area contributed by atoms with Crippen LogP contribution in [0, 0.1) is 5.82 Å². The van der Waals surface area contributed by atoms with Crippen LogP contribution in [0.3, 0.4) is 0 Å². The normalized spacial score (nSPS) is 12.2. The maximum Gasteiger partial charge on any atom is 0.169 e. The molecule has 2 aromatic carbocycles. The lowest BCUT2D eigenvalue weighted by molar-refractivity contribution is 0.382. The Morgan fingerprint density at radius 2 is 1.85 bits per heavy atom. The van der Waals surface area contributed by atoms with Crippen LogP contribution in [0.25, 0.3) is 0 Å². The van der Waals surface area contributed by atoms with E-state index in [-0.39, 0.29) is 11.9 Å². The molecule has 0 spiro atoms. The zero-order chi connectivity index (χ0) is 14.4. The maximum absolute atomic E-state index is 14.0. The molecule has 1 atom stereocenters. The fourth-order valence-electron chi connectivity index (χ4n) is 2.17. The van der Waals surface area contributed by atoms with Crippen molar-refractivity contribution in [2.24, 2.45) is 0 Å². The van der Waals surface area contributed by atoms with Crippen molar-refractivity contribution in [1.82, 2.24) is 5.32 Å². The summed E-state index contributed by atoms with van der Waals surface area (Å²) in [4.78, 5) is 0. The van der Waals surface area contributed by atoms with E-state index < -0.39 is 0 Å². The maximum atomic E-state index is 14.0. The summed E-state index contributed by atoms with van der Waals surface area (Å²) >= 11 is 0. The van der Waals surface area contributed by atoms with E-state index in [2.05, 4.69) is 24.4 Å². The predicted molar refractivity (Wildman–Crippen MR) is 79.4 cm³/mol. The van der Waals surface area contributed by atoms with Gasteiger partial charge in [-0.1, -0.05) is 42.5 Å². The molecule has 0 fully saturated rings. The summed E-state index contributed by atoms with van der Waals surface area (Å²) in [5.74, 6) is 0.00873. The molecule has 1 unspecified atom stereocenters. The van der Waals surface area contributed by atoms with Gasteiger partial charge in [-0.25, -0.2) is 4.39 Å². The number of rotatable bonds is 6. The SMILES string of the molecule is COc1cccc(CNC(C)Cc2ccccc2)c1F. The molecule has 2 nitrogen and oxygen atoms in total. The topological polar surface area (TPSA) is 21.3 Å². The van der Waals surface area contributed by atoms with Gasteiger partial charge in [0.15, 0.2) is 11.6 Å². The van der Waals surface area contributed by atoms with Crippen LogP contribution in [0.2, 0.25) is 0 Å². The molecule has 20 heavy (non-hydrogen) atoms. The van der Waals surface area contributed by atoms with Gasteiger partial charge in [0, 0.05) is 18.2 Å². The van der Waals surface area contributed by atoms with E-state index in [0.29, 0.717) is 17.9 Å². The molecule has 0 radical (unpaired) electrons. The van der Waals surface area contributed by atoms with Crippen LogP contribution >= 0.6 is 0 Å². The molecule has 2 aromatic rings. The monoisotopic (exact) mass is 273 g/mol. The zero-order valence-corrected chi connectivity index (χ0v) is 11.9. The minimum atomic E-state index is -0.283. The van der Waals surface area contributed by atoms with Gasteiger partial charge in [-0.05, 0) is 25.0 Å². The fraction of sp³-hybridized carbons (Fsp3) is 0.294. The van der Waals surface area contributed by atoms with Crippen molar-refractivity contribution in [2.75, 3.05) is 7.11 Å². The third kappa shape index (κ3) is 3.81. The highest BCUT2D eigenvalue weighted by Gasteiger charge is 2.09. The second-order valence-electron chi connectivity index (χ2n) is 4.91. The Balaban J connectivity index is 1.92. The van der Waals surface area contributed by atoms with E-state index in [1.165, 1.54) is 12.7 Å². The molecule has 0 aliphatic carbocycles. The van der Waals surface area contributed by atoms with E-state index in [1.807, 2.05) is 18.2 Å². The molecule has 0 aliphatic rings. The van der Waals surface area contributed by atoms with Gasteiger partial charge in [0.2, 0.25) is 0 Å². The van der Waals surface area contributed by atoms with Crippen LogP contribution in [0.5, 0.6) is 5.75 Å². The van der Waals surface area contributed by atoms with Gasteiger partial charge >= 0.3 is 0 Å². The third-order valence-electron chi connectivity index (χ3n) is 3.29. The van der Waals surface area contributed by atoms with E-state index in [9.17, 15) is 4.39 Å². The van der Waals surface area contributed by atoms with Gasteiger partial charge in [0.1, 0.15) is 0 Å². The number of hydrogen-bond donors (Lipinski definition) is 1. The zero-order valence-electron chi connectivity index (χ0n) is 11.9. The van der Waals surface area contributed by atoms with E-state index >= 15 is 0 Å². The number of ether oxygens (including phenoxy) is 1. The molecule has 1 N–H and O–H groups in total. The number of nitrogens with one attached hydrogen (secondary N) is 1. The van der Waals surface area contributed by atoms with Crippen molar-refractivity contribution >= 4 is 0 Å². The summed E-state index contributed by atoms with van der Waals surface area (Å²) in [6, 6.07) is 15.8. The molecule has 0 amide bonds. The molecule has 0 heterocycles. The van der Waals surface area contributed by atoms with Gasteiger partial charge in [0.25, 0.3) is 0 Å². The van der Waals surface area contributed by atoms with Gasteiger partial charge in [-0.3, -0.25) is 0 Å². The molecule has 0 saturated heterocycles. The quantitative estimate of drug-likeness (QED) is 0.869. The predicted octanol–water partition coefficient (Wildman–Crippen LogP) is 3.56. The molecule has 106 valence electrons. The Morgan fingerprint density at radius 3 is 2.55 bits per heavy atom. The van der Waals surface area contributed by atoms with Gasteiger partial charge in [-0.15, -0.1) is 0 Å². The number of benzene rings is 2. The van der Waals surface area contributed by atoms with Crippen molar-refractivity contribution in [2.45, 2.75) is 25.9 Å². The summed E-state index contributed by atoms with van der Waals surface area (Å²) in [5.41, 5.74) is 1.91. The second-order valence-corrected chi connectivity index (χ2v) is 4.91. The molecule has 2 rings (SSSR count). The van der Waals surface area contributed by atoms with Gasteiger partial charge in [0.05, 0.1) is 7.11 Å². The summed E-state index contributed by atoms with van der Waals surface area (Å²) in [6.45, 7) is 2.60. The number of methoxy groups -OCH3 is 1. The first-order chi connectivity index (χ1) is 9.70. The summed E-state index contributed by atoms with van der Waals surface area (Å²) in [6.07, 6.45) is 0.923. The van der Waals surface area contributed by atoms with Crippen LogP contribution < -0.4 is 10.1 Å². The van der Waals surface area contributed by atoms with Crippen LogP contribution in [-0.2, 0) is 13.0 Å². The van der Waals surface area contributed by atoms with E-state index in [1.54, 1.807) is 18.2 Å². The largest absolute Gasteiger partial charge is 0.494 e. The van der Waals surface area contributed by atoms with Crippen LogP contribution in [-0.4, -0.2) is 13.2 Å². The average Bonchev–Trinajstić information content (AvgIpc) is 2.47. The summed E-state index contributed by atoms with van der Waals surface area (Å²) < 4.78 is 19.0. The van der Waals surface area contributed by atoms with E-state index in [0.717, 1.165) is 6.42 Å². The smallest absolute Gasteiger partial charge is 0.169 e. The van der Waals surface area contributed by atoms with Gasteiger partial charge in [-0.2, -0.15) is 0 Å². The van der Waals surface area contributed by atoms with Crippen molar-refractivity contribution in [1.29, 1.82) is 0 Å². The van der Waals surface area contributed by atoms with Crippen molar-refractivity contribution in [3.8, 4) is 5.75 Å². The molecule has 0 bridgehead atoms. The standard InChI is InChI=1S/C17H20FNO/c1-13(11-14-7-4-3-5-8-14)19-12-15-9-6-10-16(20-2)17(15)18/h3-10,13,19H,11-12H2,1-2H3. The van der Waals surface area contributed by atoms with Crippen LogP contribution in [0.4, 0.5) is 4.39 Å². The Kier molecular flexibility index (Phi) is 5.13. The van der Waals surface area contributed by atoms with E-state index in [4.69, 9.17) is 4.74 Å². The molecule has 3 heteroatoms. The molecule has 0 saturated carbocycles. The number of halogens is 1. The highest BCUT2D eigenvalue weighted by molar-refractivity contribution is 5.31. The van der Waals surface area contributed by atoms with Crippen molar-refractivity contribution in [3.63, 3.8) is 0 Å². The Morgan fingerprint density at radius 1 is 1.10 bits per heavy atom. The molecule has 0 aliphatic heterocycles. The molecular weight excluding hydrogens is 253 g/mol. The lowest BCUT2D eigenvalue weighted by Crippen LogP contribution is -2.28. The van der Waals surface area contributed by atoms with Crippen LogP contribution in [0.15, 0.2) is 48.5 Å². The second kappa shape index (κ2) is 7.06.